The van der Waals surface area contributed by atoms with Gasteiger partial charge in [-0.3, -0.25) is 9.59 Å². The molecule has 6 heteroatoms. The third kappa shape index (κ3) is 2.89. The van der Waals surface area contributed by atoms with Crippen molar-refractivity contribution in [3.8, 4) is 0 Å². The minimum atomic E-state index is -0.554. The molecule has 0 unspecified atom stereocenters. The van der Waals surface area contributed by atoms with Crippen LogP contribution in [0.1, 0.15) is 31.5 Å². The van der Waals surface area contributed by atoms with Gasteiger partial charge in [-0.25, -0.2) is 5.10 Å². The molecule has 0 bridgehead atoms. The van der Waals surface area contributed by atoms with Gasteiger partial charge in [0.1, 0.15) is 11.6 Å². The van der Waals surface area contributed by atoms with Gasteiger partial charge in [0.25, 0.3) is 5.56 Å². The Balaban J connectivity index is 1.77. The maximum Gasteiger partial charge on any atom is 0.288 e. The van der Waals surface area contributed by atoms with E-state index in [-0.39, 0.29) is 17.5 Å². The topological polar surface area (TPSA) is 79.8 Å². The highest BCUT2D eigenvalue weighted by Crippen LogP contribution is 2.29. The molecule has 2 heterocycles. The van der Waals surface area contributed by atoms with Crippen LogP contribution >= 0.6 is 0 Å². The van der Waals surface area contributed by atoms with E-state index in [1.165, 1.54) is 0 Å². The number of aromatic amines is 1. The molecule has 2 atom stereocenters. The average Bonchev–Trinajstić information content (AvgIpc) is 3.04. The van der Waals surface area contributed by atoms with Crippen molar-refractivity contribution in [2.45, 2.75) is 25.9 Å². The van der Waals surface area contributed by atoms with Crippen LogP contribution in [-0.4, -0.2) is 20.7 Å². The van der Waals surface area contributed by atoms with Crippen molar-refractivity contribution in [3.63, 3.8) is 0 Å². The number of nitrogens with zero attached hydrogens (tertiary/aromatic N) is 2. The average molecular weight is 360 g/mol. The fraction of sp³-hybridized carbons (Fsp3) is 0.190. The number of benzene rings is 2. The zero-order valence-corrected chi connectivity index (χ0v) is 15.1. The molecule has 2 aromatic heterocycles. The molecule has 0 saturated heterocycles. The molecular formula is C21H20N4O2. The SMILES string of the molecule is C[C@H](NC(=O)[C@H](C)n1c2ccccc2c2cn[nH]c(=O)c21)c1ccccc1. The normalized spacial score (nSPS) is 13.6. The van der Waals surface area contributed by atoms with E-state index < -0.39 is 6.04 Å². The highest BCUT2D eigenvalue weighted by atomic mass is 16.2. The van der Waals surface area contributed by atoms with Crippen LogP contribution in [0.5, 0.6) is 0 Å². The predicted molar refractivity (Wildman–Crippen MR) is 106 cm³/mol. The second-order valence-electron chi connectivity index (χ2n) is 6.67. The number of rotatable bonds is 4. The molecular weight excluding hydrogens is 340 g/mol. The van der Waals surface area contributed by atoms with Crippen molar-refractivity contribution in [3.05, 3.63) is 76.7 Å². The van der Waals surface area contributed by atoms with Crippen LogP contribution in [0.15, 0.2) is 65.6 Å². The van der Waals surface area contributed by atoms with E-state index in [0.29, 0.717) is 5.52 Å². The lowest BCUT2D eigenvalue weighted by Crippen LogP contribution is -2.33. The summed E-state index contributed by atoms with van der Waals surface area (Å²) in [6, 6.07) is 16.8. The Kier molecular flexibility index (Phi) is 4.24. The molecule has 1 amide bonds. The molecule has 27 heavy (non-hydrogen) atoms. The van der Waals surface area contributed by atoms with Gasteiger partial charge in [-0.05, 0) is 25.5 Å². The lowest BCUT2D eigenvalue weighted by Gasteiger charge is -2.20. The second kappa shape index (κ2) is 6.72. The molecule has 4 rings (SSSR count). The van der Waals surface area contributed by atoms with Crippen molar-refractivity contribution in [2.24, 2.45) is 0 Å². The summed E-state index contributed by atoms with van der Waals surface area (Å²) in [6.45, 7) is 3.75. The molecule has 0 saturated carbocycles. The summed E-state index contributed by atoms with van der Waals surface area (Å²) in [5.41, 5.74) is 2.02. The molecule has 0 aliphatic carbocycles. The molecule has 2 aromatic carbocycles. The number of H-pyrrole nitrogens is 1. The van der Waals surface area contributed by atoms with Crippen molar-refractivity contribution >= 4 is 27.7 Å². The Labute approximate surface area is 155 Å². The first kappa shape index (κ1) is 17.0. The number of hydrogen-bond acceptors (Lipinski definition) is 3. The van der Waals surface area contributed by atoms with Gasteiger partial charge in [0, 0.05) is 10.8 Å². The first-order chi connectivity index (χ1) is 13.1. The van der Waals surface area contributed by atoms with Gasteiger partial charge in [-0.15, -0.1) is 0 Å². The van der Waals surface area contributed by atoms with Crippen molar-refractivity contribution < 1.29 is 4.79 Å². The highest BCUT2D eigenvalue weighted by molar-refractivity contribution is 6.08. The van der Waals surface area contributed by atoms with Crippen LogP contribution in [-0.2, 0) is 4.79 Å². The van der Waals surface area contributed by atoms with Gasteiger partial charge >= 0.3 is 0 Å². The molecule has 136 valence electrons. The molecule has 4 aromatic rings. The lowest BCUT2D eigenvalue weighted by atomic mass is 10.1. The lowest BCUT2D eigenvalue weighted by molar-refractivity contribution is -0.124. The summed E-state index contributed by atoms with van der Waals surface area (Å²) in [5, 5.41) is 11.1. The number of carbonyl (C=O) groups is 1. The van der Waals surface area contributed by atoms with Gasteiger partial charge in [-0.2, -0.15) is 5.10 Å². The summed E-state index contributed by atoms with van der Waals surface area (Å²) < 4.78 is 1.79. The number of fused-ring (bicyclic) bond motifs is 3. The number of para-hydroxylation sites is 1. The standard InChI is InChI=1S/C21H20N4O2/c1-13(15-8-4-3-5-9-15)23-20(26)14(2)25-18-11-7-6-10-16(18)17-12-22-24-21(27)19(17)25/h3-14H,1-2H3,(H,23,26)(H,24,27)/t13-,14-/m0/s1. The minimum Gasteiger partial charge on any atom is -0.348 e. The summed E-state index contributed by atoms with van der Waals surface area (Å²) in [4.78, 5) is 25.4. The number of carbonyl (C=O) groups excluding carboxylic acids is 1. The summed E-state index contributed by atoms with van der Waals surface area (Å²) >= 11 is 0. The zero-order chi connectivity index (χ0) is 19.0. The fourth-order valence-electron chi connectivity index (χ4n) is 3.54. The maximum absolute atomic E-state index is 13.0. The van der Waals surface area contributed by atoms with Crippen LogP contribution < -0.4 is 10.9 Å². The van der Waals surface area contributed by atoms with Crippen LogP contribution in [0.25, 0.3) is 21.8 Å². The molecule has 0 fully saturated rings. The van der Waals surface area contributed by atoms with E-state index in [1.54, 1.807) is 17.7 Å². The predicted octanol–water partition coefficient (Wildman–Crippen LogP) is 3.32. The minimum absolute atomic E-state index is 0.130. The van der Waals surface area contributed by atoms with Crippen molar-refractivity contribution in [1.29, 1.82) is 0 Å². The quantitative estimate of drug-likeness (QED) is 0.586. The van der Waals surface area contributed by atoms with E-state index in [1.807, 2.05) is 61.5 Å². The van der Waals surface area contributed by atoms with Crippen molar-refractivity contribution in [1.82, 2.24) is 20.1 Å². The van der Waals surface area contributed by atoms with Gasteiger partial charge in [0.2, 0.25) is 5.91 Å². The number of amides is 1. The maximum atomic E-state index is 13.0. The van der Waals surface area contributed by atoms with Crippen LogP contribution in [0, 0.1) is 0 Å². The number of aromatic nitrogens is 3. The molecule has 6 nitrogen and oxygen atoms in total. The summed E-state index contributed by atoms with van der Waals surface area (Å²) in [5.74, 6) is -0.148. The highest BCUT2D eigenvalue weighted by Gasteiger charge is 2.23. The van der Waals surface area contributed by atoms with Gasteiger partial charge < -0.3 is 9.88 Å². The van der Waals surface area contributed by atoms with Gasteiger partial charge in [-0.1, -0.05) is 48.5 Å². The smallest absolute Gasteiger partial charge is 0.288 e. The van der Waals surface area contributed by atoms with E-state index in [9.17, 15) is 9.59 Å². The van der Waals surface area contributed by atoms with Crippen molar-refractivity contribution in [2.75, 3.05) is 0 Å². The fourth-order valence-corrected chi connectivity index (χ4v) is 3.54. The van der Waals surface area contributed by atoms with Crippen LogP contribution in [0.2, 0.25) is 0 Å². The second-order valence-corrected chi connectivity index (χ2v) is 6.67. The Morgan fingerprint density at radius 3 is 2.52 bits per heavy atom. The largest absolute Gasteiger partial charge is 0.348 e. The van der Waals surface area contributed by atoms with E-state index in [4.69, 9.17) is 0 Å². The summed E-state index contributed by atoms with van der Waals surface area (Å²) in [7, 11) is 0. The van der Waals surface area contributed by atoms with Gasteiger partial charge in [0.05, 0.1) is 17.8 Å². The molecule has 2 N–H and O–H groups in total. The summed E-state index contributed by atoms with van der Waals surface area (Å²) in [6.07, 6.45) is 1.63. The van der Waals surface area contributed by atoms with E-state index in [2.05, 4.69) is 15.5 Å². The molecule has 0 radical (unpaired) electrons. The molecule has 0 spiro atoms. The van der Waals surface area contributed by atoms with E-state index >= 15 is 0 Å². The first-order valence-electron chi connectivity index (χ1n) is 8.89. The molecule has 0 aliphatic rings. The first-order valence-corrected chi connectivity index (χ1v) is 8.89. The monoisotopic (exact) mass is 360 g/mol. The zero-order valence-electron chi connectivity index (χ0n) is 15.1. The Morgan fingerprint density at radius 2 is 1.74 bits per heavy atom. The van der Waals surface area contributed by atoms with Gasteiger partial charge in [0.15, 0.2) is 0 Å². The van der Waals surface area contributed by atoms with Crippen LogP contribution in [0.3, 0.4) is 0 Å². The Morgan fingerprint density at radius 1 is 1.04 bits per heavy atom. The third-order valence-corrected chi connectivity index (χ3v) is 4.95. The number of nitrogens with one attached hydrogen (secondary N) is 2. The van der Waals surface area contributed by atoms with Crippen LogP contribution in [0.4, 0.5) is 0 Å². The Hall–Kier alpha value is -3.41. The Bertz CT molecular complexity index is 1180. The third-order valence-electron chi connectivity index (χ3n) is 4.95. The molecule has 0 aliphatic heterocycles. The van der Waals surface area contributed by atoms with E-state index in [0.717, 1.165) is 21.9 Å². The number of hydrogen-bond donors (Lipinski definition) is 2.